The number of ether oxygens (including phenoxy) is 1. The van der Waals surface area contributed by atoms with Crippen LogP contribution in [0.1, 0.15) is 11.1 Å². The first-order valence-corrected chi connectivity index (χ1v) is 7.00. The number of rotatable bonds is 6. The number of nitrogens with one attached hydrogen (secondary N) is 2. The van der Waals surface area contributed by atoms with E-state index in [0.717, 1.165) is 17.7 Å². The molecule has 2 aromatic heterocycles. The van der Waals surface area contributed by atoms with Gasteiger partial charge in [0.1, 0.15) is 6.61 Å². The topological polar surface area (TPSA) is 81.1 Å². The first kappa shape index (κ1) is 17.6. The highest BCUT2D eigenvalue weighted by molar-refractivity contribution is 5.73. The highest BCUT2D eigenvalue weighted by atomic mass is 19.4. The van der Waals surface area contributed by atoms with E-state index >= 15 is 0 Å². The molecule has 0 saturated carbocycles. The van der Waals surface area contributed by atoms with Crippen molar-refractivity contribution >= 4 is 6.03 Å². The fraction of sp³-hybridized carbons (Fsp3) is 0.357. The predicted octanol–water partition coefficient (Wildman–Crippen LogP) is 1.71. The average Bonchev–Trinajstić information content (AvgIpc) is 2.95. The largest absolute Gasteiger partial charge is 0.476 e. The second-order valence-electron chi connectivity index (χ2n) is 4.86. The van der Waals surface area contributed by atoms with Crippen molar-refractivity contribution in [2.75, 3.05) is 13.2 Å². The Morgan fingerprint density at radius 1 is 1.29 bits per heavy atom. The number of hydrogen-bond acceptors (Lipinski definition) is 4. The van der Waals surface area contributed by atoms with Gasteiger partial charge in [-0.05, 0) is 6.07 Å². The van der Waals surface area contributed by atoms with E-state index in [4.69, 9.17) is 4.74 Å². The van der Waals surface area contributed by atoms with Gasteiger partial charge in [0.15, 0.2) is 0 Å². The van der Waals surface area contributed by atoms with E-state index in [1.807, 2.05) is 0 Å². The molecule has 130 valence electrons. The normalized spacial score (nSPS) is 11.2. The Labute approximate surface area is 135 Å². The highest BCUT2D eigenvalue weighted by Crippen LogP contribution is 2.29. The van der Waals surface area contributed by atoms with Gasteiger partial charge in [0.2, 0.25) is 5.88 Å². The SMILES string of the molecule is Cn1cc(CNC(=O)NCCOc2ccc(C(F)(F)F)cn2)cn1. The fourth-order valence-corrected chi connectivity index (χ4v) is 1.76. The summed E-state index contributed by atoms with van der Waals surface area (Å²) in [4.78, 5) is 15.1. The van der Waals surface area contributed by atoms with Crippen molar-refractivity contribution in [3.8, 4) is 5.88 Å². The van der Waals surface area contributed by atoms with Crippen LogP contribution in [0, 0.1) is 0 Å². The van der Waals surface area contributed by atoms with Gasteiger partial charge in [-0.3, -0.25) is 4.68 Å². The van der Waals surface area contributed by atoms with E-state index in [0.29, 0.717) is 12.7 Å². The maximum atomic E-state index is 12.4. The summed E-state index contributed by atoms with van der Waals surface area (Å²) >= 11 is 0. The Bertz CT molecular complexity index is 670. The Hall–Kier alpha value is -2.78. The molecular weight excluding hydrogens is 327 g/mol. The molecule has 0 spiro atoms. The zero-order chi connectivity index (χ0) is 17.6. The Morgan fingerprint density at radius 3 is 2.67 bits per heavy atom. The van der Waals surface area contributed by atoms with Crippen LogP contribution in [0.2, 0.25) is 0 Å². The molecule has 0 radical (unpaired) electrons. The molecule has 10 heteroatoms. The number of aryl methyl sites for hydroxylation is 1. The lowest BCUT2D eigenvalue weighted by Crippen LogP contribution is -2.37. The number of alkyl halides is 3. The summed E-state index contributed by atoms with van der Waals surface area (Å²) in [6, 6.07) is 1.63. The van der Waals surface area contributed by atoms with E-state index in [-0.39, 0.29) is 25.1 Å². The Kier molecular flexibility index (Phi) is 5.61. The van der Waals surface area contributed by atoms with Crippen molar-refractivity contribution in [3.63, 3.8) is 0 Å². The summed E-state index contributed by atoms with van der Waals surface area (Å²) in [5.74, 6) is 0.0561. The molecule has 2 amide bonds. The van der Waals surface area contributed by atoms with Crippen LogP contribution in [0.5, 0.6) is 5.88 Å². The van der Waals surface area contributed by atoms with Gasteiger partial charge in [0.25, 0.3) is 0 Å². The van der Waals surface area contributed by atoms with Gasteiger partial charge in [-0.15, -0.1) is 0 Å². The number of halogens is 3. The summed E-state index contributed by atoms with van der Waals surface area (Å²) < 4.78 is 43.9. The van der Waals surface area contributed by atoms with Crippen LogP contribution in [-0.4, -0.2) is 33.9 Å². The molecule has 2 N–H and O–H groups in total. The number of carbonyl (C=O) groups is 1. The summed E-state index contributed by atoms with van der Waals surface area (Å²) in [6.45, 7) is 0.598. The molecule has 0 aromatic carbocycles. The molecule has 0 aliphatic carbocycles. The maximum absolute atomic E-state index is 12.4. The van der Waals surface area contributed by atoms with Gasteiger partial charge in [0.05, 0.1) is 18.3 Å². The molecule has 0 aliphatic heterocycles. The molecule has 0 saturated heterocycles. The minimum absolute atomic E-state index is 0.0561. The summed E-state index contributed by atoms with van der Waals surface area (Å²) in [7, 11) is 1.77. The van der Waals surface area contributed by atoms with E-state index in [1.165, 1.54) is 0 Å². The third-order valence-corrected chi connectivity index (χ3v) is 2.91. The zero-order valence-electron chi connectivity index (χ0n) is 12.8. The summed E-state index contributed by atoms with van der Waals surface area (Å²) in [6.07, 6.45) is -0.317. The van der Waals surface area contributed by atoms with Crippen molar-refractivity contribution in [1.82, 2.24) is 25.4 Å². The molecule has 0 unspecified atom stereocenters. The third kappa shape index (κ3) is 5.45. The van der Waals surface area contributed by atoms with E-state index in [1.54, 1.807) is 24.1 Å². The minimum Gasteiger partial charge on any atom is -0.476 e. The molecule has 0 bridgehead atoms. The van der Waals surface area contributed by atoms with E-state index in [2.05, 4.69) is 20.7 Å². The number of carbonyl (C=O) groups excluding carboxylic acids is 1. The molecule has 24 heavy (non-hydrogen) atoms. The van der Waals surface area contributed by atoms with Crippen LogP contribution in [0.4, 0.5) is 18.0 Å². The lowest BCUT2D eigenvalue weighted by Gasteiger charge is -2.09. The average molecular weight is 343 g/mol. The predicted molar refractivity (Wildman–Crippen MR) is 78.2 cm³/mol. The van der Waals surface area contributed by atoms with Crippen LogP contribution < -0.4 is 15.4 Å². The second-order valence-corrected chi connectivity index (χ2v) is 4.86. The number of pyridine rings is 1. The molecule has 7 nitrogen and oxygen atoms in total. The Morgan fingerprint density at radius 2 is 2.08 bits per heavy atom. The van der Waals surface area contributed by atoms with Gasteiger partial charge in [-0.2, -0.15) is 18.3 Å². The number of nitrogens with zero attached hydrogens (tertiary/aromatic N) is 3. The lowest BCUT2D eigenvalue weighted by molar-refractivity contribution is -0.137. The monoisotopic (exact) mass is 343 g/mol. The molecule has 2 aromatic rings. The molecule has 0 atom stereocenters. The number of urea groups is 1. The highest BCUT2D eigenvalue weighted by Gasteiger charge is 2.30. The summed E-state index contributed by atoms with van der Waals surface area (Å²) in [5.41, 5.74) is 0.0145. The molecule has 0 fully saturated rings. The van der Waals surface area contributed by atoms with Crippen molar-refractivity contribution in [2.24, 2.45) is 7.05 Å². The van der Waals surface area contributed by atoms with E-state index in [9.17, 15) is 18.0 Å². The van der Waals surface area contributed by atoms with Crippen LogP contribution in [-0.2, 0) is 19.8 Å². The number of hydrogen-bond donors (Lipinski definition) is 2. The van der Waals surface area contributed by atoms with Crippen molar-refractivity contribution in [3.05, 3.63) is 41.9 Å². The van der Waals surface area contributed by atoms with Gasteiger partial charge in [-0.25, -0.2) is 9.78 Å². The van der Waals surface area contributed by atoms with Crippen molar-refractivity contribution in [1.29, 1.82) is 0 Å². The smallest absolute Gasteiger partial charge is 0.417 e. The first-order chi connectivity index (χ1) is 11.3. The molecule has 2 rings (SSSR count). The second kappa shape index (κ2) is 7.66. The minimum atomic E-state index is -4.43. The van der Waals surface area contributed by atoms with Gasteiger partial charge < -0.3 is 15.4 Å². The molecule has 0 aliphatic rings. The van der Waals surface area contributed by atoms with Crippen LogP contribution in [0.25, 0.3) is 0 Å². The van der Waals surface area contributed by atoms with Crippen molar-refractivity contribution < 1.29 is 22.7 Å². The summed E-state index contributed by atoms with van der Waals surface area (Å²) in [5, 5.41) is 9.16. The standard InChI is InChI=1S/C14H16F3N5O2/c1-22-9-10(7-21-22)6-20-13(23)18-4-5-24-12-3-2-11(8-19-12)14(15,16)17/h2-3,7-9H,4-6H2,1H3,(H2,18,20,23). The first-order valence-electron chi connectivity index (χ1n) is 7.00. The van der Waals surface area contributed by atoms with Gasteiger partial charge in [-0.1, -0.05) is 0 Å². The lowest BCUT2D eigenvalue weighted by atomic mass is 10.3. The van der Waals surface area contributed by atoms with Crippen LogP contribution in [0.3, 0.4) is 0 Å². The van der Waals surface area contributed by atoms with E-state index < -0.39 is 11.7 Å². The number of amides is 2. The van der Waals surface area contributed by atoms with Crippen molar-refractivity contribution in [2.45, 2.75) is 12.7 Å². The zero-order valence-corrected chi connectivity index (χ0v) is 12.8. The van der Waals surface area contributed by atoms with Gasteiger partial charge in [0, 0.05) is 37.6 Å². The molecule has 2 heterocycles. The quantitative estimate of drug-likeness (QED) is 0.783. The fourth-order valence-electron chi connectivity index (χ4n) is 1.76. The maximum Gasteiger partial charge on any atom is 0.417 e. The molecular formula is C14H16F3N5O2. The van der Waals surface area contributed by atoms with Crippen LogP contribution in [0.15, 0.2) is 30.7 Å². The number of aromatic nitrogens is 3. The Balaban J connectivity index is 1.64. The van der Waals surface area contributed by atoms with Gasteiger partial charge >= 0.3 is 12.2 Å². The third-order valence-electron chi connectivity index (χ3n) is 2.91. The van der Waals surface area contributed by atoms with Crippen LogP contribution >= 0.6 is 0 Å².